The predicted molar refractivity (Wildman–Crippen MR) is 65.5 cm³/mol. The van der Waals surface area contributed by atoms with Crippen molar-refractivity contribution in [1.82, 2.24) is 0 Å². The fourth-order valence-corrected chi connectivity index (χ4v) is 3.01. The van der Waals surface area contributed by atoms with E-state index < -0.39 is 30.8 Å². The maximum absolute atomic E-state index is 13.4. The first-order valence-corrected chi connectivity index (χ1v) is 8.18. The quantitative estimate of drug-likeness (QED) is 0.830. The molecule has 1 rings (SSSR count). The Morgan fingerprint density at radius 2 is 1.89 bits per heavy atom. The standard InChI is InChI=1S/C9H13FN2O4S2/c1-2-5-17(13,14)12-7-3-4-9(8(10)6-7)18(11,15)16/h3-4,6,12H,2,5H2,1H3,(H2,11,15,16). The Kier molecular flexibility index (Phi) is 4.30. The Balaban J connectivity index is 3.07. The summed E-state index contributed by atoms with van der Waals surface area (Å²) < 4.78 is 60.3. The van der Waals surface area contributed by atoms with Crippen molar-refractivity contribution in [3.8, 4) is 0 Å². The lowest BCUT2D eigenvalue weighted by Crippen LogP contribution is -2.17. The molecule has 0 radical (unpaired) electrons. The largest absolute Gasteiger partial charge is 0.283 e. The number of hydrogen-bond donors (Lipinski definition) is 2. The Labute approximate surface area is 105 Å². The van der Waals surface area contributed by atoms with Crippen LogP contribution in [0.4, 0.5) is 10.1 Å². The van der Waals surface area contributed by atoms with Crippen LogP contribution in [0.3, 0.4) is 0 Å². The third-order valence-corrected chi connectivity index (χ3v) is 4.42. The maximum atomic E-state index is 13.4. The molecule has 0 aliphatic carbocycles. The highest BCUT2D eigenvalue weighted by Crippen LogP contribution is 2.18. The van der Waals surface area contributed by atoms with Gasteiger partial charge in [0.05, 0.1) is 11.4 Å². The third kappa shape index (κ3) is 3.93. The van der Waals surface area contributed by atoms with E-state index in [1.165, 1.54) is 0 Å². The first-order valence-electron chi connectivity index (χ1n) is 4.98. The highest BCUT2D eigenvalue weighted by Gasteiger charge is 2.16. The maximum Gasteiger partial charge on any atom is 0.240 e. The van der Waals surface area contributed by atoms with E-state index in [1.54, 1.807) is 6.92 Å². The second-order valence-electron chi connectivity index (χ2n) is 3.61. The highest BCUT2D eigenvalue weighted by molar-refractivity contribution is 7.92. The van der Waals surface area contributed by atoms with E-state index in [4.69, 9.17) is 5.14 Å². The molecule has 0 aromatic heterocycles. The molecule has 6 nitrogen and oxygen atoms in total. The van der Waals surface area contributed by atoms with Crippen molar-refractivity contribution in [2.24, 2.45) is 5.14 Å². The number of nitrogens with one attached hydrogen (secondary N) is 1. The molecule has 0 amide bonds. The molecule has 9 heteroatoms. The molecule has 0 aliphatic heterocycles. The zero-order chi connectivity index (χ0) is 14.0. The molecule has 0 atom stereocenters. The SMILES string of the molecule is CCCS(=O)(=O)Nc1ccc(S(N)(=O)=O)c(F)c1. The minimum absolute atomic E-state index is 0.0478. The van der Waals surface area contributed by atoms with Crippen molar-refractivity contribution in [3.63, 3.8) is 0 Å². The predicted octanol–water partition coefficient (Wildman–Crippen LogP) is 0.625. The average Bonchev–Trinajstić information content (AvgIpc) is 2.13. The number of halogens is 1. The van der Waals surface area contributed by atoms with Crippen LogP contribution < -0.4 is 9.86 Å². The Morgan fingerprint density at radius 3 is 2.33 bits per heavy atom. The number of primary sulfonamides is 1. The van der Waals surface area contributed by atoms with Crippen molar-refractivity contribution >= 4 is 25.7 Å². The van der Waals surface area contributed by atoms with Gasteiger partial charge in [-0.15, -0.1) is 0 Å². The Hall–Kier alpha value is -1.19. The van der Waals surface area contributed by atoms with Gasteiger partial charge in [0, 0.05) is 0 Å². The summed E-state index contributed by atoms with van der Waals surface area (Å²) in [6.07, 6.45) is 0.410. The molecule has 0 saturated carbocycles. The summed E-state index contributed by atoms with van der Waals surface area (Å²) in [5.74, 6) is -1.21. The summed E-state index contributed by atoms with van der Waals surface area (Å²) in [5, 5.41) is 4.78. The normalized spacial score (nSPS) is 12.4. The molecular formula is C9H13FN2O4S2. The van der Waals surface area contributed by atoms with Gasteiger partial charge in [-0.05, 0) is 24.6 Å². The number of sulfonamides is 2. The zero-order valence-corrected chi connectivity index (χ0v) is 11.2. The second kappa shape index (κ2) is 5.21. The van der Waals surface area contributed by atoms with Crippen molar-refractivity contribution in [2.75, 3.05) is 10.5 Å². The lowest BCUT2D eigenvalue weighted by Gasteiger charge is -2.08. The molecule has 18 heavy (non-hydrogen) atoms. The summed E-state index contributed by atoms with van der Waals surface area (Å²) in [4.78, 5) is -0.680. The average molecular weight is 296 g/mol. The number of benzene rings is 1. The number of rotatable bonds is 5. The van der Waals surface area contributed by atoms with E-state index in [0.717, 1.165) is 18.2 Å². The van der Waals surface area contributed by atoms with Gasteiger partial charge >= 0.3 is 0 Å². The number of anilines is 1. The van der Waals surface area contributed by atoms with Crippen LogP contribution in [0.1, 0.15) is 13.3 Å². The van der Waals surface area contributed by atoms with E-state index in [0.29, 0.717) is 6.42 Å². The fourth-order valence-electron chi connectivity index (χ4n) is 1.29. The Morgan fingerprint density at radius 1 is 1.28 bits per heavy atom. The monoisotopic (exact) mass is 296 g/mol. The summed E-state index contributed by atoms with van der Waals surface area (Å²) in [6.45, 7) is 1.68. The highest BCUT2D eigenvalue weighted by atomic mass is 32.2. The van der Waals surface area contributed by atoms with Crippen molar-refractivity contribution < 1.29 is 21.2 Å². The lowest BCUT2D eigenvalue weighted by molar-refractivity contribution is 0.568. The number of hydrogen-bond acceptors (Lipinski definition) is 4. The Bertz CT molecular complexity index is 641. The van der Waals surface area contributed by atoms with Gasteiger partial charge in [-0.3, -0.25) is 4.72 Å². The van der Waals surface area contributed by atoms with Gasteiger partial charge in [0.25, 0.3) is 0 Å². The molecule has 0 heterocycles. The van der Waals surface area contributed by atoms with Gasteiger partial charge in [0.1, 0.15) is 10.7 Å². The third-order valence-electron chi connectivity index (χ3n) is 1.98. The van der Waals surface area contributed by atoms with Crippen LogP contribution in [-0.4, -0.2) is 22.6 Å². The summed E-state index contributed by atoms with van der Waals surface area (Å²) in [7, 11) is -7.70. The molecule has 1 aromatic carbocycles. The molecule has 1 aromatic rings. The molecule has 0 aliphatic rings. The van der Waals surface area contributed by atoms with E-state index in [1.807, 2.05) is 0 Å². The molecule has 102 valence electrons. The fraction of sp³-hybridized carbons (Fsp3) is 0.333. The van der Waals surface area contributed by atoms with Gasteiger partial charge in [0.2, 0.25) is 20.0 Å². The molecule has 0 bridgehead atoms. The molecule has 0 unspecified atom stereocenters. The van der Waals surface area contributed by atoms with Crippen molar-refractivity contribution in [1.29, 1.82) is 0 Å². The number of nitrogens with two attached hydrogens (primary N) is 1. The van der Waals surface area contributed by atoms with Gasteiger partial charge in [0.15, 0.2) is 0 Å². The minimum Gasteiger partial charge on any atom is -0.283 e. The van der Waals surface area contributed by atoms with Gasteiger partial charge in [-0.2, -0.15) is 0 Å². The zero-order valence-electron chi connectivity index (χ0n) is 9.55. The van der Waals surface area contributed by atoms with Crippen LogP contribution in [0.5, 0.6) is 0 Å². The summed E-state index contributed by atoms with van der Waals surface area (Å²) in [5.41, 5.74) is -0.0478. The van der Waals surface area contributed by atoms with E-state index >= 15 is 0 Å². The minimum atomic E-state index is -4.16. The first-order chi connectivity index (χ1) is 8.15. The van der Waals surface area contributed by atoms with Gasteiger partial charge < -0.3 is 0 Å². The van der Waals surface area contributed by atoms with E-state index in [2.05, 4.69) is 4.72 Å². The molecular weight excluding hydrogens is 283 g/mol. The van der Waals surface area contributed by atoms with Crippen molar-refractivity contribution in [2.45, 2.75) is 18.2 Å². The van der Waals surface area contributed by atoms with Crippen LogP contribution in [0.25, 0.3) is 0 Å². The summed E-state index contributed by atoms with van der Waals surface area (Å²) in [6, 6.07) is 2.82. The van der Waals surface area contributed by atoms with Gasteiger partial charge in [-0.1, -0.05) is 6.92 Å². The first kappa shape index (κ1) is 14.9. The van der Waals surface area contributed by atoms with Crippen LogP contribution in [0, 0.1) is 5.82 Å². The van der Waals surface area contributed by atoms with Crippen LogP contribution in [-0.2, 0) is 20.0 Å². The molecule has 0 fully saturated rings. The van der Waals surface area contributed by atoms with Crippen LogP contribution in [0.15, 0.2) is 23.1 Å². The summed E-state index contributed by atoms with van der Waals surface area (Å²) >= 11 is 0. The topological polar surface area (TPSA) is 106 Å². The smallest absolute Gasteiger partial charge is 0.240 e. The molecule has 0 saturated heterocycles. The molecule has 0 spiro atoms. The van der Waals surface area contributed by atoms with E-state index in [9.17, 15) is 21.2 Å². The lowest BCUT2D eigenvalue weighted by atomic mass is 10.3. The van der Waals surface area contributed by atoms with E-state index in [-0.39, 0.29) is 11.4 Å². The van der Waals surface area contributed by atoms with Gasteiger partial charge in [-0.25, -0.2) is 26.4 Å². The van der Waals surface area contributed by atoms with Crippen LogP contribution >= 0.6 is 0 Å². The van der Waals surface area contributed by atoms with Crippen LogP contribution in [0.2, 0.25) is 0 Å². The molecule has 3 N–H and O–H groups in total. The second-order valence-corrected chi connectivity index (χ2v) is 6.98. The van der Waals surface area contributed by atoms with Crippen molar-refractivity contribution in [3.05, 3.63) is 24.0 Å².